The lowest BCUT2D eigenvalue weighted by Crippen LogP contribution is -2.30. The summed E-state index contributed by atoms with van der Waals surface area (Å²) in [5, 5.41) is 6.99. The fraction of sp³-hybridized carbons (Fsp3) is 0.227. The maximum Gasteiger partial charge on any atom is 0.338 e. The number of carbonyl (C=O) groups is 2. The first-order valence-corrected chi connectivity index (χ1v) is 9.16. The van der Waals surface area contributed by atoms with Crippen LogP contribution in [0.4, 0.5) is 5.69 Å². The number of para-hydroxylation sites is 1. The summed E-state index contributed by atoms with van der Waals surface area (Å²) in [5.41, 5.74) is 2.97. The minimum Gasteiger partial charge on any atom is -0.449 e. The van der Waals surface area contributed by atoms with Gasteiger partial charge < -0.3 is 10.1 Å². The molecule has 0 saturated carbocycles. The number of nitrogens with one attached hydrogen (secondary N) is 1. The van der Waals surface area contributed by atoms with Crippen LogP contribution < -0.4 is 5.32 Å². The number of esters is 1. The molecule has 28 heavy (non-hydrogen) atoms. The summed E-state index contributed by atoms with van der Waals surface area (Å²) in [6.07, 6.45) is 2.58. The Hall–Kier alpha value is -3.41. The van der Waals surface area contributed by atoms with Gasteiger partial charge in [0, 0.05) is 18.1 Å². The predicted molar refractivity (Wildman–Crippen MR) is 108 cm³/mol. The molecule has 1 heterocycles. The molecule has 0 aliphatic rings. The van der Waals surface area contributed by atoms with E-state index in [4.69, 9.17) is 4.74 Å². The second kappa shape index (κ2) is 8.52. The number of nitrogens with zero attached hydrogens (tertiary/aromatic N) is 2. The first kappa shape index (κ1) is 19.4. The molecule has 2 aromatic carbocycles. The minimum atomic E-state index is -0.918. The lowest BCUT2D eigenvalue weighted by Gasteiger charge is -2.17. The summed E-state index contributed by atoms with van der Waals surface area (Å²) in [6.45, 7) is 5.67. The Bertz CT molecular complexity index is 947. The molecule has 0 spiro atoms. The third kappa shape index (κ3) is 4.46. The number of carbonyl (C=O) groups excluding carboxylic acids is 2. The molecule has 0 unspecified atom stereocenters. The van der Waals surface area contributed by atoms with Crippen LogP contribution in [0.2, 0.25) is 0 Å². The molecule has 1 atom stereocenters. The zero-order valence-corrected chi connectivity index (χ0v) is 16.1. The van der Waals surface area contributed by atoms with Gasteiger partial charge in [-0.25, -0.2) is 9.48 Å². The molecule has 1 N–H and O–H groups in total. The standard InChI is InChI=1S/C22H23N3O3/c1-15(2)19-7-4-5-8-20(19)24-21(26)16(3)28-22(27)17-9-11-18(12-10-17)25-14-6-13-23-25/h4-16H,1-3H3,(H,24,26)/t16-/m1/s1. The molecule has 0 fully saturated rings. The summed E-state index contributed by atoms with van der Waals surface area (Å²) >= 11 is 0. The average molecular weight is 377 g/mol. The van der Waals surface area contributed by atoms with Gasteiger partial charge in [-0.1, -0.05) is 32.0 Å². The number of aromatic nitrogens is 2. The highest BCUT2D eigenvalue weighted by Gasteiger charge is 2.20. The number of hydrogen-bond donors (Lipinski definition) is 1. The van der Waals surface area contributed by atoms with Crippen LogP contribution in [0.3, 0.4) is 0 Å². The van der Waals surface area contributed by atoms with E-state index < -0.39 is 12.1 Å². The summed E-state index contributed by atoms with van der Waals surface area (Å²) < 4.78 is 7.02. The molecule has 6 heteroatoms. The summed E-state index contributed by atoms with van der Waals surface area (Å²) in [6, 6.07) is 16.3. The normalized spacial score (nSPS) is 11.9. The van der Waals surface area contributed by atoms with Crippen molar-refractivity contribution in [2.75, 3.05) is 5.32 Å². The fourth-order valence-corrected chi connectivity index (χ4v) is 2.80. The Labute approximate surface area is 164 Å². The highest BCUT2D eigenvalue weighted by Crippen LogP contribution is 2.24. The topological polar surface area (TPSA) is 73.2 Å². The molecule has 1 aromatic heterocycles. The van der Waals surface area contributed by atoms with Crippen LogP contribution in [0, 0.1) is 0 Å². The van der Waals surface area contributed by atoms with E-state index in [1.165, 1.54) is 0 Å². The van der Waals surface area contributed by atoms with Crippen molar-refractivity contribution in [3.63, 3.8) is 0 Å². The molecule has 0 bridgehead atoms. The molecule has 144 valence electrons. The van der Waals surface area contributed by atoms with E-state index in [9.17, 15) is 9.59 Å². The van der Waals surface area contributed by atoms with Crippen LogP contribution in [0.5, 0.6) is 0 Å². The molecule has 1 amide bonds. The quantitative estimate of drug-likeness (QED) is 0.654. The predicted octanol–water partition coefficient (Wildman–Crippen LogP) is 4.18. The average Bonchev–Trinajstić information content (AvgIpc) is 3.23. The van der Waals surface area contributed by atoms with Gasteiger partial charge in [-0.15, -0.1) is 0 Å². The Morgan fingerprint density at radius 1 is 1.00 bits per heavy atom. The van der Waals surface area contributed by atoms with Crippen LogP contribution in [0.15, 0.2) is 67.0 Å². The van der Waals surface area contributed by atoms with Gasteiger partial charge in [-0.3, -0.25) is 4.79 Å². The second-order valence-electron chi connectivity index (χ2n) is 6.78. The molecule has 0 radical (unpaired) electrons. The maximum absolute atomic E-state index is 12.5. The molecule has 0 saturated heterocycles. The summed E-state index contributed by atoms with van der Waals surface area (Å²) in [4.78, 5) is 24.8. The van der Waals surface area contributed by atoms with E-state index in [0.29, 0.717) is 5.56 Å². The largest absolute Gasteiger partial charge is 0.449 e. The molecule has 0 aliphatic carbocycles. The highest BCUT2D eigenvalue weighted by atomic mass is 16.5. The molecule has 3 rings (SSSR count). The third-order valence-corrected chi connectivity index (χ3v) is 4.37. The third-order valence-electron chi connectivity index (χ3n) is 4.37. The molecule has 3 aromatic rings. The van der Waals surface area contributed by atoms with Crippen LogP contribution in [0.25, 0.3) is 5.69 Å². The first-order valence-electron chi connectivity index (χ1n) is 9.16. The smallest absolute Gasteiger partial charge is 0.338 e. The zero-order chi connectivity index (χ0) is 20.1. The molecular formula is C22H23N3O3. The number of hydrogen-bond acceptors (Lipinski definition) is 4. The molecule has 0 aliphatic heterocycles. The SMILES string of the molecule is CC(C)c1ccccc1NC(=O)[C@@H](C)OC(=O)c1ccc(-n2cccn2)cc1. The van der Waals surface area contributed by atoms with Crippen molar-refractivity contribution in [3.8, 4) is 5.69 Å². The van der Waals surface area contributed by atoms with Crippen LogP contribution in [-0.4, -0.2) is 27.8 Å². The van der Waals surface area contributed by atoms with Gasteiger partial charge in [0.25, 0.3) is 5.91 Å². The highest BCUT2D eigenvalue weighted by molar-refractivity contribution is 5.97. The number of amides is 1. The van der Waals surface area contributed by atoms with Gasteiger partial charge in [-0.2, -0.15) is 5.10 Å². The second-order valence-corrected chi connectivity index (χ2v) is 6.78. The monoisotopic (exact) mass is 377 g/mol. The number of benzene rings is 2. The van der Waals surface area contributed by atoms with Crippen molar-refractivity contribution in [1.29, 1.82) is 0 Å². The van der Waals surface area contributed by atoms with Crippen molar-refractivity contribution < 1.29 is 14.3 Å². The van der Waals surface area contributed by atoms with E-state index in [2.05, 4.69) is 24.3 Å². The van der Waals surface area contributed by atoms with Gasteiger partial charge >= 0.3 is 5.97 Å². The van der Waals surface area contributed by atoms with Crippen LogP contribution in [0.1, 0.15) is 42.6 Å². The lowest BCUT2D eigenvalue weighted by atomic mass is 10.0. The maximum atomic E-state index is 12.5. The fourth-order valence-electron chi connectivity index (χ4n) is 2.80. The van der Waals surface area contributed by atoms with Crippen molar-refractivity contribution >= 4 is 17.6 Å². The van der Waals surface area contributed by atoms with Crippen LogP contribution >= 0.6 is 0 Å². The Morgan fingerprint density at radius 2 is 1.71 bits per heavy atom. The summed E-state index contributed by atoms with van der Waals surface area (Å²) in [7, 11) is 0. The van der Waals surface area contributed by atoms with Crippen LogP contribution in [-0.2, 0) is 9.53 Å². The van der Waals surface area contributed by atoms with E-state index in [0.717, 1.165) is 16.9 Å². The number of rotatable bonds is 6. The number of ether oxygens (including phenoxy) is 1. The molecule has 6 nitrogen and oxygen atoms in total. The van der Waals surface area contributed by atoms with E-state index >= 15 is 0 Å². The lowest BCUT2D eigenvalue weighted by molar-refractivity contribution is -0.123. The Morgan fingerprint density at radius 3 is 2.36 bits per heavy atom. The van der Waals surface area contributed by atoms with Gasteiger partial charge in [0.1, 0.15) is 0 Å². The first-order chi connectivity index (χ1) is 13.5. The van der Waals surface area contributed by atoms with Gasteiger partial charge in [0.2, 0.25) is 0 Å². The van der Waals surface area contributed by atoms with E-state index in [-0.39, 0.29) is 11.8 Å². The van der Waals surface area contributed by atoms with Crippen molar-refractivity contribution in [1.82, 2.24) is 9.78 Å². The van der Waals surface area contributed by atoms with Gasteiger partial charge in [-0.05, 0) is 54.8 Å². The molecular weight excluding hydrogens is 354 g/mol. The number of anilines is 1. The van der Waals surface area contributed by atoms with Gasteiger partial charge in [0.15, 0.2) is 6.10 Å². The van der Waals surface area contributed by atoms with Crippen molar-refractivity contribution in [3.05, 3.63) is 78.1 Å². The van der Waals surface area contributed by atoms with Crippen molar-refractivity contribution in [2.24, 2.45) is 0 Å². The minimum absolute atomic E-state index is 0.266. The summed E-state index contributed by atoms with van der Waals surface area (Å²) in [5.74, 6) is -0.649. The Kier molecular flexibility index (Phi) is 5.89. The van der Waals surface area contributed by atoms with E-state index in [1.54, 1.807) is 42.1 Å². The zero-order valence-electron chi connectivity index (χ0n) is 16.1. The Balaban J connectivity index is 1.63. The van der Waals surface area contributed by atoms with E-state index in [1.807, 2.05) is 36.5 Å². The van der Waals surface area contributed by atoms with Crippen molar-refractivity contribution in [2.45, 2.75) is 32.8 Å². The van der Waals surface area contributed by atoms with Gasteiger partial charge in [0.05, 0.1) is 11.3 Å².